The molecule has 1 saturated heterocycles. The number of piperidine rings is 1. The van der Waals surface area contributed by atoms with E-state index in [0.717, 1.165) is 37.3 Å². The molecular formula is C20H23Cl2N7O. The largest absolute Gasteiger partial charge is 0.349 e. The fourth-order valence-corrected chi connectivity index (χ4v) is 3.92. The number of hydrogen-bond acceptors (Lipinski definition) is 5. The molecule has 0 spiro atoms. The fraction of sp³-hybridized carbons (Fsp3) is 0.400. The number of rotatable bonds is 5. The molecule has 0 aliphatic carbocycles. The van der Waals surface area contributed by atoms with Crippen molar-refractivity contribution < 1.29 is 4.79 Å². The molecule has 1 amide bonds. The summed E-state index contributed by atoms with van der Waals surface area (Å²) in [4.78, 5) is 19.2. The molecule has 8 nitrogen and oxygen atoms in total. The molecule has 158 valence electrons. The number of halogens is 2. The van der Waals surface area contributed by atoms with Gasteiger partial charge in [0.25, 0.3) is 5.91 Å². The summed E-state index contributed by atoms with van der Waals surface area (Å²) in [5.41, 5.74) is 1.47. The van der Waals surface area contributed by atoms with Crippen LogP contribution in [0.4, 0.5) is 0 Å². The van der Waals surface area contributed by atoms with Crippen LogP contribution in [-0.4, -0.2) is 54.5 Å². The number of nitrogens with one attached hydrogen (secondary N) is 1. The van der Waals surface area contributed by atoms with Crippen LogP contribution in [0.25, 0.3) is 11.4 Å². The Kier molecular flexibility index (Phi) is 6.08. The Bertz CT molecular complexity index is 1050. The molecule has 4 rings (SSSR count). The van der Waals surface area contributed by atoms with Crippen molar-refractivity contribution in [1.82, 2.24) is 34.8 Å². The lowest BCUT2D eigenvalue weighted by molar-refractivity contribution is 0.0896. The van der Waals surface area contributed by atoms with Gasteiger partial charge in [-0.3, -0.25) is 14.4 Å². The first-order valence-corrected chi connectivity index (χ1v) is 10.5. The lowest BCUT2D eigenvalue weighted by atomic mass is 10.1. The minimum Gasteiger partial charge on any atom is -0.349 e. The number of aryl methyl sites for hydroxylation is 2. The van der Waals surface area contributed by atoms with E-state index >= 15 is 0 Å². The van der Waals surface area contributed by atoms with Crippen LogP contribution in [0, 0.1) is 6.92 Å². The topological polar surface area (TPSA) is 80.9 Å². The van der Waals surface area contributed by atoms with Crippen LogP contribution < -0.4 is 5.32 Å². The number of amides is 1. The molecule has 0 unspecified atom stereocenters. The number of aromatic nitrogens is 5. The van der Waals surface area contributed by atoms with Crippen molar-refractivity contribution in [1.29, 1.82) is 0 Å². The molecule has 0 atom stereocenters. The molecule has 1 aromatic carbocycles. The van der Waals surface area contributed by atoms with Gasteiger partial charge in [0.1, 0.15) is 5.82 Å². The summed E-state index contributed by atoms with van der Waals surface area (Å²) in [6.45, 7) is 4.22. The third kappa shape index (κ3) is 4.66. The van der Waals surface area contributed by atoms with E-state index in [4.69, 9.17) is 23.2 Å². The zero-order chi connectivity index (χ0) is 21.3. The van der Waals surface area contributed by atoms with Crippen molar-refractivity contribution in [3.05, 3.63) is 52.0 Å². The maximum atomic E-state index is 12.3. The molecule has 30 heavy (non-hydrogen) atoms. The van der Waals surface area contributed by atoms with E-state index < -0.39 is 0 Å². The van der Waals surface area contributed by atoms with Gasteiger partial charge in [-0.1, -0.05) is 23.2 Å². The van der Waals surface area contributed by atoms with Crippen molar-refractivity contribution in [3.8, 4) is 11.4 Å². The third-order valence-corrected chi connectivity index (χ3v) is 5.92. The average Bonchev–Trinajstić information content (AvgIpc) is 3.31. The van der Waals surface area contributed by atoms with E-state index in [1.165, 1.54) is 0 Å². The predicted octanol–water partition coefficient (Wildman–Crippen LogP) is 3.15. The second-order valence-electron chi connectivity index (χ2n) is 7.52. The number of carbonyl (C=O) groups is 1. The molecule has 3 heterocycles. The Morgan fingerprint density at radius 2 is 2.00 bits per heavy atom. The second-order valence-corrected chi connectivity index (χ2v) is 8.34. The van der Waals surface area contributed by atoms with Crippen LogP contribution >= 0.6 is 23.2 Å². The molecular weight excluding hydrogens is 425 g/mol. The van der Waals surface area contributed by atoms with Crippen LogP contribution in [-0.2, 0) is 13.7 Å². The molecule has 0 radical (unpaired) electrons. The zero-order valence-corrected chi connectivity index (χ0v) is 18.4. The van der Waals surface area contributed by atoms with Gasteiger partial charge >= 0.3 is 0 Å². The van der Waals surface area contributed by atoms with E-state index in [2.05, 4.69) is 25.4 Å². The molecule has 10 heteroatoms. The van der Waals surface area contributed by atoms with E-state index in [1.54, 1.807) is 30.2 Å². The van der Waals surface area contributed by atoms with Gasteiger partial charge in [0, 0.05) is 37.9 Å². The standard InChI is InChI=1S/C20H23Cl2N7O/c1-13-24-19(14-3-4-17(21)18(22)9-14)29(26-13)12-28-7-5-16(6-8-28)25-20(30)15-10-23-27(2)11-15/h3-4,9-11,16H,5-8,12H2,1-2H3,(H,25,30). The summed E-state index contributed by atoms with van der Waals surface area (Å²) < 4.78 is 3.52. The highest BCUT2D eigenvalue weighted by Crippen LogP contribution is 2.28. The van der Waals surface area contributed by atoms with Crippen molar-refractivity contribution in [2.24, 2.45) is 7.05 Å². The molecule has 1 fully saturated rings. The average molecular weight is 448 g/mol. The molecule has 1 aliphatic rings. The van der Waals surface area contributed by atoms with Crippen LogP contribution in [0.3, 0.4) is 0 Å². The first kappa shape index (κ1) is 20.8. The molecule has 1 aliphatic heterocycles. The van der Waals surface area contributed by atoms with Crippen molar-refractivity contribution in [2.45, 2.75) is 32.5 Å². The number of benzene rings is 1. The summed E-state index contributed by atoms with van der Waals surface area (Å²) in [5, 5.41) is 12.7. The maximum absolute atomic E-state index is 12.3. The first-order valence-electron chi connectivity index (χ1n) is 9.78. The Morgan fingerprint density at radius 1 is 1.23 bits per heavy atom. The smallest absolute Gasteiger partial charge is 0.254 e. The monoisotopic (exact) mass is 447 g/mol. The fourth-order valence-electron chi connectivity index (χ4n) is 3.62. The summed E-state index contributed by atoms with van der Waals surface area (Å²) in [5.74, 6) is 1.39. The third-order valence-electron chi connectivity index (χ3n) is 5.18. The zero-order valence-electron chi connectivity index (χ0n) is 16.8. The Balaban J connectivity index is 1.37. The Morgan fingerprint density at radius 3 is 2.67 bits per heavy atom. The molecule has 0 bridgehead atoms. The summed E-state index contributed by atoms with van der Waals surface area (Å²) >= 11 is 12.2. The maximum Gasteiger partial charge on any atom is 0.254 e. The van der Waals surface area contributed by atoms with Crippen molar-refractivity contribution in [2.75, 3.05) is 13.1 Å². The van der Waals surface area contributed by atoms with Crippen LogP contribution in [0.5, 0.6) is 0 Å². The highest BCUT2D eigenvalue weighted by atomic mass is 35.5. The lowest BCUT2D eigenvalue weighted by Gasteiger charge is -2.32. The first-order chi connectivity index (χ1) is 14.4. The molecule has 1 N–H and O–H groups in total. The predicted molar refractivity (Wildman–Crippen MR) is 115 cm³/mol. The highest BCUT2D eigenvalue weighted by Gasteiger charge is 2.23. The minimum atomic E-state index is -0.0737. The normalized spacial score (nSPS) is 15.5. The van der Waals surface area contributed by atoms with Gasteiger partial charge in [-0.15, -0.1) is 0 Å². The minimum absolute atomic E-state index is 0.0737. The number of carbonyl (C=O) groups excluding carboxylic acids is 1. The second kappa shape index (κ2) is 8.75. The number of hydrogen-bond donors (Lipinski definition) is 1. The van der Waals surface area contributed by atoms with Gasteiger partial charge in [-0.05, 0) is 38.0 Å². The van der Waals surface area contributed by atoms with Crippen LogP contribution in [0.1, 0.15) is 29.0 Å². The lowest BCUT2D eigenvalue weighted by Crippen LogP contribution is -2.45. The van der Waals surface area contributed by atoms with E-state index in [0.29, 0.717) is 28.1 Å². The van der Waals surface area contributed by atoms with E-state index in [-0.39, 0.29) is 11.9 Å². The van der Waals surface area contributed by atoms with Crippen LogP contribution in [0.15, 0.2) is 30.6 Å². The van der Waals surface area contributed by atoms with Crippen molar-refractivity contribution in [3.63, 3.8) is 0 Å². The SMILES string of the molecule is Cc1nc(-c2ccc(Cl)c(Cl)c2)n(CN2CCC(NC(=O)c3cnn(C)c3)CC2)n1. The summed E-state index contributed by atoms with van der Waals surface area (Å²) in [7, 11) is 1.80. The van der Waals surface area contributed by atoms with Crippen LogP contribution in [0.2, 0.25) is 10.0 Å². The molecule has 0 saturated carbocycles. The number of nitrogens with zero attached hydrogens (tertiary/aromatic N) is 6. The summed E-state index contributed by atoms with van der Waals surface area (Å²) in [6, 6.07) is 5.63. The van der Waals surface area contributed by atoms with Gasteiger partial charge in [0.15, 0.2) is 5.82 Å². The molecule has 3 aromatic rings. The molecule has 2 aromatic heterocycles. The Labute approximate surface area is 184 Å². The van der Waals surface area contributed by atoms with E-state index in [9.17, 15) is 4.79 Å². The van der Waals surface area contributed by atoms with Crippen molar-refractivity contribution >= 4 is 29.1 Å². The highest BCUT2D eigenvalue weighted by molar-refractivity contribution is 6.42. The van der Waals surface area contributed by atoms with E-state index in [1.807, 2.05) is 23.7 Å². The number of likely N-dealkylation sites (tertiary alicyclic amines) is 1. The van der Waals surface area contributed by atoms with Gasteiger partial charge in [0.05, 0.1) is 28.5 Å². The van der Waals surface area contributed by atoms with Gasteiger partial charge in [-0.25, -0.2) is 9.67 Å². The quantitative estimate of drug-likeness (QED) is 0.649. The summed E-state index contributed by atoms with van der Waals surface area (Å²) in [6.07, 6.45) is 5.06. The Hall–Kier alpha value is -2.42. The van der Waals surface area contributed by atoms with Gasteiger partial charge in [-0.2, -0.15) is 10.2 Å². The van der Waals surface area contributed by atoms with Gasteiger partial charge in [0.2, 0.25) is 0 Å². The van der Waals surface area contributed by atoms with Gasteiger partial charge < -0.3 is 5.32 Å².